The Hall–Kier alpha value is -3.22. The number of carbonyl (C=O) groups excluding carboxylic acids is 1. The Labute approximate surface area is 208 Å². The quantitative estimate of drug-likeness (QED) is 0.429. The fourth-order valence-corrected chi connectivity index (χ4v) is 5.06. The predicted molar refractivity (Wildman–Crippen MR) is 140 cm³/mol. The van der Waals surface area contributed by atoms with Crippen LogP contribution in [0.2, 0.25) is 5.02 Å². The molecule has 2 aliphatic heterocycles. The van der Waals surface area contributed by atoms with Crippen LogP contribution >= 0.6 is 23.4 Å². The van der Waals surface area contributed by atoms with Crippen molar-refractivity contribution in [2.24, 2.45) is 4.99 Å². The topological polar surface area (TPSA) is 45.1 Å². The van der Waals surface area contributed by atoms with Crippen LogP contribution in [-0.4, -0.2) is 42.2 Å². The van der Waals surface area contributed by atoms with Crippen molar-refractivity contribution in [3.8, 4) is 5.75 Å². The normalized spacial score (nSPS) is 17.3. The van der Waals surface area contributed by atoms with E-state index in [1.165, 1.54) is 11.8 Å². The fourth-order valence-electron chi connectivity index (χ4n) is 3.91. The third kappa shape index (κ3) is 5.46. The van der Waals surface area contributed by atoms with Crippen LogP contribution < -0.4 is 9.64 Å². The molecule has 0 aliphatic carbocycles. The van der Waals surface area contributed by atoms with Crippen LogP contribution in [0.15, 0.2) is 88.8 Å². The van der Waals surface area contributed by atoms with Gasteiger partial charge in [0.2, 0.25) is 0 Å². The van der Waals surface area contributed by atoms with Crippen LogP contribution in [0.4, 0.5) is 5.69 Å². The molecule has 1 amide bonds. The number of rotatable bonds is 5. The monoisotopic (exact) mass is 489 g/mol. The largest absolute Gasteiger partial charge is 0.489 e. The first-order chi connectivity index (χ1) is 16.6. The van der Waals surface area contributed by atoms with Crippen molar-refractivity contribution in [1.29, 1.82) is 0 Å². The van der Waals surface area contributed by atoms with Gasteiger partial charge in [0.25, 0.3) is 5.91 Å². The number of amides is 1. The van der Waals surface area contributed by atoms with E-state index >= 15 is 0 Å². The van der Waals surface area contributed by atoms with E-state index in [1.807, 2.05) is 78.9 Å². The van der Waals surface area contributed by atoms with Crippen molar-refractivity contribution in [2.75, 3.05) is 31.1 Å². The molecule has 2 aliphatic rings. The van der Waals surface area contributed by atoms with Crippen molar-refractivity contribution in [2.45, 2.75) is 6.61 Å². The van der Waals surface area contributed by atoms with E-state index in [2.05, 4.69) is 20.9 Å². The first kappa shape index (κ1) is 22.6. The van der Waals surface area contributed by atoms with Crippen molar-refractivity contribution in [3.63, 3.8) is 0 Å². The molecule has 1 fully saturated rings. The van der Waals surface area contributed by atoms with E-state index in [0.717, 1.165) is 58.9 Å². The molecule has 0 unspecified atom stereocenters. The van der Waals surface area contributed by atoms with Gasteiger partial charge in [0.15, 0.2) is 5.17 Å². The summed E-state index contributed by atoms with van der Waals surface area (Å²) in [4.78, 5) is 22.0. The van der Waals surface area contributed by atoms with Gasteiger partial charge in [-0.15, -0.1) is 0 Å². The van der Waals surface area contributed by atoms with Crippen LogP contribution in [0, 0.1) is 0 Å². The third-order valence-electron chi connectivity index (χ3n) is 5.76. The molecule has 0 radical (unpaired) electrons. The summed E-state index contributed by atoms with van der Waals surface area (Å²) in [5, 5.41) is 1.52. The lowest BCUT2D eigenvalue weighted by atomic mass is 10.2. The molecule has 2 heterocycles. The number of piperazine rings is 1. The highest BCUT2D eigenvalue weighted by Gasteiger charge is 2.28. The third-order valence-corrected chi connectivity index (χ3v) is 7.04. The lowest BCUT2D eigenvalue weighted by molar-refractivity contribution is -0.113. The highest BCUT2D eigenvalue weighted by molar-refractivity contribution is 8.18. The van der Waals surface area contributed by atoms with E-state index in [-0.39, 0.29) is 5.91 Å². The van der Waals surface area contributed by atoms with E-state index in [9.17, 15) is 4.79 Å². The molecule has 0 spiro atoms. The second-order valence-corrected chi connectivity index (χ2v) is 9.55. The van der Waals surface area contributed by atoms with Gasteiger partial charge in [-0.05, 0) is 59.3 Å². The summed E-state index contributed by atoms with van der Waals surface area (Å²) in [5.41, 5.74) is 3.20. The van der Waals surface area contributed by atoms with Gasteiger partial charge in [-0.1, -0.05) is 60.1 Å². The molecular formula is C27H24ClN3O2S. The minimum Gasteiger partial charge on any atom is -0.489 e. The summed E-state index contributed by atoms with van der Waals surface area (Å²) in [5.74, 6) is 0.618. The van der Waals surface area contributed by atoms with Gasteiger partial charge >= 0.3 is 0 Å². The zero-order chi connectivity index (χ0) is 23.3. The molecule has 1 saturated heterocycles. The Morgan fingerprint density at radius 2 is 1.65 bits per heavy atom. The number of anilines is 1. The number of ether oxygens (including phenoxy) is 1. The van der Waals surface area contributed by atoms with Crippen LogP contribution in [0.1, 0.15) is 11.1 Å². The molecule has 0 saturated carbocycles. The minimum atomic E-state index is -0.179. The number of halogens is 1. The number of benzene rings is 3. The number of amidine groups is 1. The Kier molecular flexibility index (Phi) is 6.88. The number of thioether (sulfide) groups is 1. The molecule has 5 rings (SSSR count). The van der Waals surface area contributed by atoms with Crippen molar-refractivity contribution >= 4 is 46.2 Å². The van der Waals surface area contributed by atoms with E-state index in [0.29, 0.717) is 11.5 Å². The summed E-state index contributed by atoms with van der Waals surface area (Å²) >= 11 is 7.58. The molecule has 0 bridgehead atoms. The number of hydrogen-bond acceptors (Lipinski definition) is 5. The van der Waals surface area contributed by atoms with Gasteiger partial charge in [0, 0.05) is 36.9 Å². The van der Waals surface area contributed by atoms with Crippen LogP contribution in [0.5, 0.6) is 5.75 Å². The van der Waals surface area contributed by atoms with E-state index in [4.69, 9.17) is 16.3 Å². The molecule has 172 valence electrons. The minimum absolute atomic E-state index is 0.179. The van der Waals surface area contributed by atoms with Crippen molar-refractivity contribution < 1.29 is 9.53 Å². The predicted octanol–water partition coefficient (Wildman–Crippen LogP) is 5.71. The van der Waals surface area contributed by atoms with Crippen molar-refractivity contribution in [3.05, 3.63) is 99.9 Å². The number of carbonyl (C=O) groups is 1. The van der Waals surface area contributed by atoms with E-state index in [1.54, 1.807) is 0 Å². The maximum atomic E-state index is 12.5. The van der Waals surface area contributed by atoms with Gasteiger partial charge < -0.3 is 14.5 Å². The average molecular weight is 490 g/mol. The maximum absolute atomic E-state index is 12.5. The molecule has 0 aromatic heterocycles. The van der Waals surface area contributed by atoms with Gasteiger partial charge in [0.1, 0.15) is 12.4 Å². The van der Waals surface area contributed by atoms with Gasteiger partial charge in [0.05, 0.1) is 4.91 Å². The molecule has 7 heteroatoms. The molecule has 3 aromatic rings. The van der Waals surface area contributed by atoms with E-state index < -0.39 is 0 Å². The highest BCUT2D eigenvalue weighted by Crippen LogP contribution is 2.31. The smallest absolute Gasteiger partial charge is 0.286 e. The number of aliphatic imine (C=N–C) groups is 1. The Balaban J connectivity index is 1.16. The van der Waals surface area contributed by atoms with Gasteiger partial charge in [-0.3, -0.25) is 4.79 Å². The maximum Gasteiger partial charge on any atom is 0.286 e. The second-order valence-electron chi connectivity index (χ2n) is 8.11. The summed E-state index contributed by atoms with van der Waals surface area (Å²) < 4.78 is 5.85. The number of hydrogen-bond donors (Lipinski definition) is 0. The Bertz CT molecular complexity index is 1220. The van der Waals surface area contributed by atoms with Crippen LogP contribution in [0.3, 0.4) is 0 Å². The first-order valence-electron chi connectivity index (χ1n) is 11.2. The lowest BCUT2D eigenvalue weighted by Gasteiger charge is -2.36. The first-order valence-corrected chi connectivity index (χ1v) is 12.4. The summed E-state index contributed by atoms with van der Waals surface area (Å²) in [6, 6.07) is 25.8. The molecule has 5 nitrogen and oxygen atoms in total. The van der Waals surface area contributed by atoms with Crippen LogP contribution in [-0.2, 0) is 11.4 Å². The van der Waals surface area contributed by atoms with Crippen molar-refractivity contribution in [1.82, 2.24) is 4.90 Å². The highest BCUT2D eigenvalue weighted by atomic mass is 35.5. The lowest BCUT2D eigenvalue weighted by Crippen LogP contribution is -2.47. The van der Waals surface area contributed by atoms with Gasteiger partial charge in [-0.2, -0.15) is 4.99 Å². The summed E-state index contributed by atoms with van der Waals surface area (Å²) in [6.07, 6.45) is 1.90. The second kappa shape index (κ2) is 10.4. The number of nitrogens with zero attached hydrogens (tertiary/aromatic N) is 3. The Morgan fingerprint density at radius 1 is 0.912 bits per heavy atom. The molecule has 34 heavy (non-hydrogen) atoms. The average Bonchev–Trinajstić information content (AvgIpc) is 3.24. The SMILES string of the molecule is O=C1N=C(N2CCN(c3cccc(Cl)c3)CC2)S/C1=C/c1ccc(OCc2ccccc2)cc1. The molecular weight excluding hydrogens is 466 g/mol. The summed E-state index contributed by atoms with van der Waals surface area (Å²) in [6.45, 7) is 3.87. The molecule has 0 atom stereocenters. The molecule has 3 aromatic carbocycles. The zero-order valence-electron chi connectivity index (χ0n) is 18.6. The Morgan fingerprint density at radius 3 is 2.38 bits per heavy atom. The fraction of sp³-hybridized carbons (Fsp3) is 0.185. The van der Waals surface area contributed by atoms with Crippen LogP contribution in [0.25, 0.3) is 6.08 Å². The molecule has 0 N–H and O–H groups in total. The van der Waals surface area contributed by atoms with Gasteiger partial charge in [-0.25, -0.2) is 0 Å². The zero-order valence-corrected chi connectivity index (χ0v) is 20.1. The standard InChI is InChI=1S/C27H24ClN3O2S/c28-22-7-4-8-23(18-22)30-13-15-31(16-14-30)27-29-26(32)25(34-27)17-20-9-11-24(12-10-20)33-19-21-5-2-1-3-6-21/h1-12,17-18H,13-16,19H2/b25-17+. The summed E-state index contributed by atoms with van der Waals surface area (Å²) in [7, 11) is 0.